The Hall–Kier alpha value is -8.32. The fourth-order valence-corrected chi connectivity index (χ4v) is 10.9. The molecule has 0 aliphatic heterocycles. The average Bonchev–Trinajstić information content (AvgIpc) is 3.70. The molecule has 12 aromatic carbocycles. The molecule has 1 aliphatic rings. The third kappa shape index (κ3) is 5.56. The predicted molar refractivity (Wildman–Crippen MR) is 274 cm³/mol. The first kappa shape index (κ1) is 36.3. The van der Waals surface area contributed by atoms with Crippen LogP contribution in [0.5, 0.6) is 0 Å². The second kappa shape index (κ2) is 14.7. The van der Waals surface area contributed by atoms with Gasteiger partial charge in [-0.3, -0.25) is 0 Å². The highest BCUT2D eigenvalue weighted by Crippen LogP contribution is 2.58. The Morgan fingerprint density at radius 2 is 0.609 bits per heavy atom. The maximum absolute atomic E-state index is 2.51. The first-order valence-electron chi connectivity index (χ1n) is 22.3. The summed E-state index contributed by atoms with van der Waals surface area (Å²) in [6.07, 6.45) is 0. The van der Waals surface area contributed by atoms with Crippen LogP contribution in [-0.4, -0.2) is 0 Å². The highest BCUT2D eigenvalue weighted by atomic mass is 14.3. The van der Waals surface area contributed by atoms with Gasteiger partial charge >= 0.3 is 0 Å². The zero-order valence-corrected chi connectivity index (χ0v) is 35.1. The average molecular weight is 809 g/mol. The van der Waals surface area contributed by atoms with E-state index < -0.39 is 0 Å². The fourth-order valence-electron chi connectivity index (χ4n) is 10.9. The Labute approximate surface area is 373 Å². The van der Waals surface area contributed by atoms with Crippen molar-refractivity contribution in [1.82, 2.24) is 0 Å². The summed E-state index contributed by atoms with van der Waals surface area (Å²) in [5, 5.41) is 10.1. The predicted octanol–water partition coefficient (Wildman–Crippen LogP) is 17.9. The van der Waals surface area contributed by atoms with Crippen molar-refractivity contribution in [2.75, 3.05) is 0 Å². The molecule has 0 unspecified atom stereocenters. The molecular formula is C64H40. The molecule has 0 amide bonds. The Morgan fingerprint density at radius 3 is 1.16 bits per heavy atom. The number of hydrogen-bond acceptors (Lipinski definition) is 0. The molecule has 13 rings (SSSR count). The standard InChI is InChI=1S/C64H40/c1-5-19-41(20-6-1)46-35-37-52(56(39-46)42-21-7-2-8-22-42)62-50-31-15-13-29-48(50)59(49-30-14-16-32-51(49)62)47-36-38-53-57(40-47)61(45-25-11-4-12-26-45)64-55-34-18-28-43-27-17-33-54(58(43)55)63(64)60(53)44-23-9-3-10-24-44/h1-40H. The molecule has 0 heterocycles. The molecule has 0 saturated heterocycles. The van der Waals surface area contributed by atoms with Crippen LogP contribution in [0.25, 0.3) is 132 Å². The lowest BCUT2D eigenvalue weighted by Gasteiger charge is -2.23. The second-order valence-corrected chi connectivity index (χ2v) is 17.0. The van der Waals surface area contributed by atoms with Crippen molar-refractivity contribution in [3.63, 3.8) is 0 Å². The van der Waals surface area contributed by atoms with Crippen LogP contribution >= 0.6 is 0 Å². The summed E-state index contributed by atoms with van der Waals surface area (Å²) in [5.74, 6) is 0. The molecule has 0 spiro atoms. The van der Waals surface area contributed by atoms with Crippen LogP contribution in [0.1, 0.15) is 0 Å². The monoisotopic (exact) mass is 808 g/mol. The zero-order valence-electron chi connectivity index (χ0n) is 35.1. The zero-order chi connectivity index (χ0) is 42.1. The molecule has 0 nitrogen and oxygen atoms in total. The first-order chi connectivity index (χ1) is 31.8. The summed E-state index contributed by atoms with van der Waals surface area (Å²) in [5.41, 5.74) is 20.1. The molecule has 0 aromatic heterocycles. The van der Waals surface area contributed by atoms with E-state index in [0.717, 1.165) is 0 Å². The molecule has 1 aliphatic carbocycles. The normalized spacial score (nSPS) is 11.8. The molecule has 296 valence electrons. The smallest absolute Gasteiger partial charge is 0.000741 e. The maximum Gasteiger partial charge on any atom is -0.000741 e. The third-order valence-corrected chi connectivity index (χ3v) is 13.6. The van der Waals surface area contributed by atoms with Gasteiger partial charge in [0.2, 0.25) is 0 Å². The van der Waals surface area contributed by atoms with Gasteiger partial charge in [0.05, 0.1) is 0 Å². The number of hydrogen-bond donors (Lipinski definition) is 0. The summed E-state index contributed by atoms with van der Waals surface area (Å²) in [7, 11) is 0. The van der Waals surface area contributed by atoms with Crippen LogP contribution in [0.4, 0.5) is 0 Å². The van der Waals surface area contributed by atoms with Crippen LogP contribution in [0.2, 0.25) is 0 Å². The van der Waals surface area contributed by atoms with E-state index in [2.05, 4.69) is 243 Å². The molecule has 0 heteroatoms. The number of benzene rings is 12. The van der Waals surface area contributed by atoms with Gasteiger partial charge in [-0.25, -0.2) is 0 Å². The van der Waals surface area contributed by atoms with Crippen molar-refractivity contribution in [3.8, 4) is 89.0 Å². The lowest BCUT2D eigenvalue weighted by Crippen LogP contribution is -1.95. The van der Waals surface area contributed by atoms with Crippen LogP contribution in [0.3, 0.4) is 0 Å². The maximum atomic E-state index is 2.51. The quantitative estimate of drug-likeness (QED) is 0.147. The van der Waals surface area contributed by atoms with E-state index >= 15 is 0 Å². The van der Waals surface area contributed by atoms with Crippen molar-refractivity contribution >= 4 is 43.1 Å². The minimum atomic E-state index is 1.20. The molecular weight excluding hydrogens is 769 g/mol. The minimum Gasteiger partial charge on any atom is -0.0622 e. The summed E-state index contributed by atoms with van der Waals surface area (Å²) >= 11 is 0. The van der Waals surface area contributed by atoms with Gasteiger partial charge in [-0.1, -0.05) is 231 Å². The summed E-state index contributed by atoms with van der Waals surface area (Å²) < 4.78 is 0. The Bertz CT molecular complexity index is 3730. The lowest BCUT2D eigenvalue weighted by atomic mass is 9.80. The molecule has 0 fully saturated rings. The topological polar surface area (TPSA) is 0 Å². The van der Waals surface area contributed by atoms with Gasteiger partial charge in [-0.2, -0.15) is 0 Å². The van der Waals surface area contributed by atoms with Crippen LogP contribution in [-0.2, 0) is 0 Å². The van der Waals surface area contributed by atoms with Gasteiger partial charge in [0.15, 0.2) is 0 Å². The van der Waals surface area contributed by atoms with Crippen LogP contribution < -0.4 is 0 Å². The number of rotatable bonds is 6. The van der Waals surface area contributed by atoms with E-state index in [1.165, 1.54) is 132 Å². The molecule has 64 heavy (non-hydrogen) atoms. The van der Waals surface area contributed by atoms with Gasteiger partial charge in [0, 0.05) is 0 Å². The molecule has 12 aromatic rings. The molecule has 0 N–H and O–H groups in total. The summed E-state index contributed by atoms with van der Waals surface area (Å²) in [4.78, 5) is 0. The largest absolute Gasteiger partial charge is 0.0622 e. The fraction of sp³-hybridized carbons (Fsp3) is 0. The van der Waals surface area contributed by atoms with E-state index in [-0.39, 0.29) is 0 Å². The third-order valence-electron chi connectivity index (χ3n) is 13.6. The molecule has 0 saturated carbocycles. The highest BCUT2D eigenvalue weighted by molar-refractivity contribution is 6.29. The van der Waals surface area contributed by atoms with E-state index in [1.807, 2.05) is 0 Å². The lowest BCUT2D eigenvalue weighted by molar-refractivity contribution is 1.58. The summed E-state index contributed by atoms with van der Waals surface area (Å²) in [6.45, 7) is 0. The second-order valence-electron chi connectivity index (χ2n) is 17.0. The van der Waals surface area contributed by atoms with E-state index in [4.69, 9.17) is 0 Å². The van der Waals surface area contributed by atoms with E-state index in [1.54, 1.807) is 0 Å². The SMILES string of the molecule is c1ccc(-c2ccc(-c3c4ccccc4c(-c4ccc5c(-c6ccccc6)c6c(c(-c7ccccc7)c5c4)-c4cccc5cccc-6c45)c4ccccc34)c(-c3ccccc3)c2)cc1. The van der Waals surface area contributed by atoms with Gasteiger partial charge in [-0.15, -0.1) is 0 Å². The van der Waals surface area contributed by atoms with Crippen LogP contribution in [0.15, 0.2) is 243 Å². The van der Waals surface area contributed by atoms with Gasteiger partial charge in [-0.05, 0) is 144 Å². The van der Waals surface area contributed by atoms with E-state index in [9.17, 15) is 0 Å². The van der Waals surface area contributed by atoms with Crippen molar-refractivity contribution < 1.29 is 0 Å². The van der Waals surface area contributed by atoms with Crippen molar-refractivity contribution in [2.45, 2.75) is 0 Å². The minimum absolute atomic E-state index is 1.20. The molecule has 0 atom stereocenters. The molecule has 0 bridgehead atoms. The Morgan fingerprint density at radius 1 is 0.172 bits per heavy atom. The van der Waals surface area contributed by atoms with E-state index in [0.29, 0.717) is 0 Å². The first-order valence-corrected chi connectivity index (χ1v) is 22.3. The Kier molecular flexibility index (Phi) is 8.32. The highest BCUT2D eigenvalue weighted by Gasteiger charge is 2.31. The van der Waals surface area contributed by atoms with Crippen molar-refractivity contribution in [2.24, 2.45) is 0 Å². The van der Waals surface area contributed by atoms with Crippen LogP contribution in [0, 0.1) is 0 Å². The van der Waals surface area contributed by atoms with Crippen molar-refractivity contribution in [1.29, 1.82) is 0 Å². The van der Waals surface area contributed by atoms with Crippen molar-refractivity contribution in [3.05, 3.63) is 243 Å². The summed E-state index contributed by atoms with van der Waals surface area (Å²) in [6, 6.07) is 89.8. The van der Waals surface area contributed by atoms with Gasteiger partial charge in [0.25, 0.3) is 0 Å². The Balaban J connectivity index is 1.13. The molecule has 0 radical (unpaired) electrons. The van der Waals surface area contributed by atoms with Gasteiger partial charge < -0.3 is 0 Å². The number of fused-ring (bicyclic) bond motifs is 6. The van der Waals surface area contributed by atoms with Gasteiger partial charge in [0.1, 0.15) is 0 Å².